The van der Waals surface area contributed by atoms with Crippen LogP contribution in [0.5, 0.6) is 5.75 Å². The molecule has 2 atom stereocenters. The van der Waals surface area contributed by atoms with Gasteiger partial charge in [0.1, 0.15) is 5.75 Å². The molecule has 1 aliphatic heterocycles. The van der Waals surface area contributed by atoms with Gasteiger partial charge in [-0.3, -0.25) is 0 Å². The minimum absolute atomic E-state index is 0.0551. The molecule has 6 heteroatoms. The summed E-state index contributed by atoms with van der Waals surface area (Å²) in [7, 11) is 1.69. The topological polar surface area (TPSA) is 45.5 Å². The van der Waals surface area contributed by atoms with E-state index in [4.69, 9.17) is 14.2 Å². The minimum atomic E-state index is -0.650. The molecule has 32 heavy (non-hydrogen) atoms. The van der Waals surface area contributed by atoms with Crippen LogP contribution in [0.1, 0.15) is 28.7 Å². The van der Waals surface area contributed by atoms with E-state index in [2.05, 4.69) is 50.0 Å². The van der Waals surface area contributed by atoms with Crippen molar-refractivity contribution < 1.29 is 14.2 Å². The maximum atomic E-state index is 6.60. The van der Waals surface area contributed by atoms with E-state index in [1.165, 1.54) is 27.1 Å². The third kappa shape index (κ3) is 5.55. The molecule has 4 rings (SSSR count). The Kier molecular flexibility index (Phi) is 7.23. The van der Waals surface area contributed by atoms with Crippen LogP contribution in [0.25, 0.3) is 0 Å². The fraction of sp³-hybridized carbons (Fsp3) is 0.423. The summed E-state index contributed by atoms with van der Waals surface area (Å²) in [5.74, 6) is 1.09. The Bertz CT molecular complexity index is 997. The lowest BCUT2D eigenvalue weighted by atomic mass is 10.0. The molecule has 1 aromatic heterocycles. The second-order valence-electron chi connectivity index (χ2n) is 8.58. The summed E-state index contributed by atoms with van der Waals surface area (Å²) in [4.78, 5) is 5.54. The molecule has 1 aliphatic rings. The van der Waals surface area contributed by atoms with Gasteiger partial charge in [0, 0.05) is 29.5 Å². The van der Waals surface area contributed by atoms with Gasteiger partial charge in [-0.2, -0.15) is 0 Å². The predicted molar refractivity (Wildman–Crippen MR) is 128 cm³/mol. The number of methoxy groups -OCH3 is 1. The molecule has 3 aromatic rings. The van der Waals surface area contributed by atoms with E-state index < -0.39 is 5.79 Å². The van der Waals surface area contributed by atoms with Crippen LogP contribution in [0.3, 0.4) is 0 Å². The molecule has 0 amide bonds. The number of nitrogens with zero attached hydrogens (tertiary/aromatic N) is 2. The average Bonchev–Trinajstić information content (AvgIpc) is 3.42. The standard InChI is InChI=1S/C26H32N2O3S/c1-19-13-20(2)25(21(3)14-19)32-16-24-15-30-26(31-24,17-28-12-11-27-18-28)10-9-22-5-7-23(29-4)8-6-22/h5-8,11-14,18,24H,9-10,15-17H2,1-4H3. The summed E-state index contributed by atoms with van der Waals surface area (Å²) in [6.07, 6.45) is 7.28. The molecule has 2 aromatic carbocycles. The van der Waals surface area contributed by atoms with Crippen LogP contribution in [-0.2, 0) is 22.4 Å². The molecule has 0 radical (unpaired) electrons. The summed E-state index contributed by atoms with van der Waals surface area (Å²) >= 11 is 1.87. The number of rotatable bonds is 9. The first-order valence-electron chi connectivity index (χ1n) is 11.1. The van der Waals surface area contributed by atoms with E-state index in [-0.39, 0.29) is 6.10 Å². The SMILES string of the molecule is COc1ccc(CCC2(Cn3ccnc3)OCC(CSc3c(C)cc(C)cc3C)O2)cc1. The highest BCUT2D eigenvalue weighted by atomic mass is 32.2. The first-order chi connectivity index (χ1) is 15.5. The fourth-order valence-electron chi connectivity index (χ4n) is 4.35. The van der Waals surface area contributed by atoms with E-state index in [1.54, 1.807) is 13.3 Å². The summed E-state index contributed by atoms with van der Waals surface area (Å²) < 4.78 is 20.3. The van der Waals surface area contributed by atoms with Crippen LogP contribution in [0.4, 0.5) is 0 Å². The van der Waals surface area contributed by atoms with Crippen LogP contribution in [-0.4, -0.2) is 40.9 Å². The van der Waals surface area contributed by atoms with Crippen LogP contribution in [0.2, 0.25) is 0 Å². The molecule has 1 saturated heterocycles. The van der Waals surface area contributed by atoms with Gasteiger partial charge in [0.15, 0.2) is 5.79 Å². The zero-order valence-corrected chi connectivity index (χ0v) is 20.2. The lowest BCUT2D eigenvalue weighted by Crippen LogP contribution is -2.37. The van der Waals surface area contributed by atoms with Gasteiger partial charge in [-0.1, -0.05) is 29.8 Å². The molecular formula is C26H32N2O3S. The highest BCUT2D eigenvalue weighted by Crippen LogP contribution is 2.35. The first-order valence-corrected chi connectivity index (χ1v) is 12.1. The number of aryl methyl sites for hydroxylation is 4. The van der Waals surface area contributed by atoms with Crippen molar-refractivity contribution in [2.24, 2.45) is 0 Å². The highest BCUT2D eigenvalue weighted by Gasteiger charge is 2.41. The molecular weight excluding hydrogens is 420 g/mol. The molecule has 2 heterocycles. The third-order valence-electron chi connectivity index (χ3n) is 5.87. The van der Waals surface area contributed by atoms with Crippen molar-refractivity contribution in [3.63, 3.8) is 0 Å². The van der Waals surface area contributed by atoms with Crippen molar-refractivity contribution in [3.8, 4) is 5.75 Å². The lowest BCUT2D eigenvalue weighted by molar-refractivity contribution is -0.180. The number of benzene rings is 2. The first kappa shape index (κ1) is 22.9. The molecule has 5 nitrogen and oxygen atoms in total. The molecule has 2 unspecified atom stereocenters. The van der Waals surface area contributed by atoms with E-state index in [9.17, 15) is 0 Å². The summed E-state index contributed by atoms with van der Waals surface area (Å²) in [5.41, 5.74) is 5.21. The Morgan fingerprint density at radius 3 is 2.56 bits per heavy atom. The van der Waals surface area contributed by atoms with E-state index >= 15 is 0 Å². The minimum Gasteiger partial charge on any atom is -0.497 e. The van der Waals surface area contributed by atoms with Crippen molar-refractivity contribution >= 4 is 11.8 Å². The van der Waals surface area contributed by atoms with Gasteiger partial charge < -0.3 is 18.8 Å². The zero-order chi connectivity index (χ0) is 22.6. The van der Waals surface area contributed by atoms with Gasteiger partial charge in [0.2, 0.25) is 0 Å². The molecule has 0 saturated carbocycles. The monoisotopic (exact) mass is 452 g/mol. The van der Waals surface area contributed by atoms with Crippen molar-refractivity contribution in [2.45, 2.75) is 56.9 Å². The predicted octanol–water partition coefficient (Wildman–Crippen LogP) is 5.35. The van der Waals surface area contributed by atoms with Gasteiger partial charge in [-0.25, -0.2) is 4.98 Å². The summed E-state index contributed by atoms with van der Waals surface area (Å²) in [6, 6.07) is 12.7. The highest BCUT2D eigenvalue weighted by molar-refractivity contribution is 7.99. The van der Waals surface area contributed by atoms with Crippen LogP contribution >= 0.6 is 11.8 Å². The molecule has 1 fully saturated rings. The summed E-state index contributed by atoms with van der Waals surface area (Å²) in [6.45, 7) is 7.76. The van der Waals surface area contributed by atoms with Crippen molar-refractivity contribution in [2.75, 3.05) is 19.5 Å². The van der Waals surface area contributed by atoms with Gasteiger partial charge in [0.05, 0.1) is 32.7 Å². The van der Waals surface area contributed by atoms with Crippen LogP contribution < -0.4 is 4.74 Å². The Morgan fingerprint density at radius 1 is 1.16 bits per heavy atom. The van der Waals surface area contributed by atoms with Crippen LogP contribution in [0, 0.1) is 20.8 Å². The molecule has 0 N–H and O–H groups in total. The number of aromatic nitrogens is 2. The number of hydrogen-bond acceptors (Lipinski definition) is 5. The van der Waals surface area contributed by atoms with Gasteiger partial charge in [0.25, 0.3) is 0 Å². The molecule has 0 aliphatic carbocycles. The Morgan fingerprint density at radius 2 is 1.91 bits per heavy atom. The number of hydrogen-bond donors (Lipinski definition) is 0. The zero-order valence-electron chi connectivity index (χ0n) is 19.3. The number of ether oxygens (including phenoxy) is 3. The van der Waals surface area contributed by atoms with Crippen molar-refractivity contribution in [1.82, 2.24) is 9.55 Å². The normalized spacial score (nSPS) is 20.6. The van der Waals surface area contributed by atoms with Gasteiger partial charge in [-0.05, 0) is 56.0 Å². The maximum absolute atomic E-state index is 6.60. The molecule has 0 spiro atoms. The maximum Gasteiger partial charge on any atom is 0.187 e. The van der Waals surface area contributed by atoms with E-state index in [0.29, 0.717) is 13.2 Å². The molecule has 170 valence electrons. The number of imidazole rings is 1. The average molecular weight is 453 g/mol. The van der Waals surface area contributed by atoms with Gasteiger partial charge >= 0.3 is 0 Å². The fourth-order valence-corrected chi connectivity index (χ4v) is 5.44. The quantitative estimate of drug-likeness (QED) is 0.409. The van der Waals surface area contributed by atoms with Gasteiger partial charge in [-0.15, -0.1) is 11.8 Å². The molecule has 0 bridgehead atoms. The second kappa shape index (κ2) is 10.1. The Labute approximate surface area is 195 Å². The van der Waals surface area contributed by atoms with E-state index in [0.717, 1.165) is 24.3 Å². The second-order valence-corrected chi connectivity index (χ2v) is 9.61. The van der Waals surface area contributed by atoms with Crippen molar-refractivity contribution in [1.29, 1.82) is 0 Å². The smallest absolute Gasteiger partial charge is 0.187 e. The van der Waals surface area contributed by atoms with Crippen molar-refractivity contribution in [3.05, 3.63) is 77.4 Å². The summed E-state index contributed by atoms with van der Waals surface area (Å²) in [5, 5.41) is 0. The van der Waals surface area contributed by atoms with Crippen LogP contribution in [0.15, 0.2) is 60.0 Å². The largest absolute Gasteiger partial charge is 0.497 e. The Balaban J connectivity index is 1.43. The van der Waals surface area contributed by atoms with E-state index in [1.807, 2.05) is 41.0 Å². The lowest BCUT2D eigenvalue weighted by Gasteiger charge is -2.29. The number of thioether (sulfide) groups is 1. The Hall–Kier alpha value is -2.28. The third-order valence-corrected chi connectivity index (χ3v) is 7.34.